The summed E-state index contributed by atoms with van der Waals surface area (Å²) in [5, 5.41) is 9.44. The van der Waals surface area contributed by atoms with Crippen molar-refractivity contribution in [3.8, 4) is 0 Å². The van der Waals surface area contributed by atoms with Crippen LogP contribution in [0, 0.1) is 18.6 Å². The van der Waals surface area contributed by atoms with E-state index in [1.54, 1.807) is 6.92 Å². The van der Waals surface area contributed by atoms with E-state index >= 15 is 0 Å². The van der Waals surface area contributed by atoms with Gasteiger partial charge in [0.25, 0.3) is 0 Å². The Kier molecular flexibility index (Phi) is 4.08. The number of nitrogens with one attached hydrogen (secondary N) is 2. The lowest BCUT2D eigenvalue weighted by molar-refractivity contribution is -0.116. The third-order valence-electron chi connectivity index (χ3n) is 3.96. The largest absolute Gasteiger partial charge is 0.340 e. The summed E-state index contributed by atoms with van der Waals surface area (Å²) in [6.45, 7) is 1.66. The van der Waals surface area contributed by atoms with E-state index in [9.17, 15) is 13.6 Å². The number of hydrogen-bond acceptors (Lipinski definition) is 5. The molecule has 8 heteroatoms. The van der Waals surface area contributed by atoms with Crippen molar-refractivity contribution in [2.75, 3.05) is 11.9 Å². The summed E-state index contributed by atoms with van der Waals surface area (Å²) in [5.41, 5.74) is -0.535. The van der Waals surface area contributed by atoms with E-state index < -0.39 is 23.1 Å². The Hall–Kier alpha value is -2.35. The van der Waals surface area contributed by atoms with E-state index in [0.717, 1.165) is 31.4 Å². The molecule has 0 saturated heterocycles. The van der Waals surface area contributed by atoms with Gasteiger partial charge < -0.3 is 9.84 Å². The maximum atomic E-state index is 13.5. The second-order valence-corrected chi connectivity index (χ2v) is 5.60. The van der Waals surface area contributed by atoms with E-state index in [2.05, 4.69) is 20.8 Å². The number of hydrogen-bond donors (Lipinski definition) is 2. The van der Waals surface area contributed by atoms with Crippen molar-refractivity contribution in [2.24, 2.45) is 0 Å². The molecule has 6 nitrogen and oxygen atoms in total. The summed E-state index contributed by atoms with van der Waals surface area (Å²) < 4.78 is 31.4. The van der Waals surface area contributed by atoms with Crippen molar-refractivity contribution in [1.82, 2.24) is 15.5 Å². The molecule has 2 aromatic rings. The van der Waals surface area contributed by atoms with Crippen LogP contribution in [0.3, 0.4) is 0 Å². The number of carbonyl (C=O) groups is 1. The number of carbonyl (C=O) groups excluding carboxylic acids is 1. The van der Waals surface area contributed by atoms with Gasteiger partial charge in [-0.1, -0.05) is 5.16 Å². The number of amides is 1. The molecule has 0 aliphatic heterocycles. The third kappa shape index (κ3) is 3.21. The van der Waals surface area contributed by atoms with Crippen molar-refractivity contribution < 1.29 is 18.1 Å². The Labute approximate surface area is 131 Å². The Bertz CT molecular complexity index is 728. The van der Waals surface area contributed by atoms with Crippen LogP contribution in [0.4, 0.5) is 14.5 Å². The summed E-state index contributed by atoms with van der Waals surface area (Å²) >= 11 is 0. The molecule has 0 radical (unpaired) electrons. The van der Waals surface area contributed by atoms with Gasteiger partial charge in [-0.15, -0.1) is 0 Å². The van der Waals surface area contributed by atoms with Gasteiger partial charge in [0.1, 0.15) is 11.6 Å². The molecule has 1 aliphatic rings. The van der Waals surface area contributed by atoms with Crippen LogP contribution in [0.15, 0.2) is 22.7 Å². The van der Waals surface area contributed by atoms with Gasteiger partial charge in [-0.2, -0.15) is 4.98 Å². The molecule has 1 aliphatic carbocycles. The molecular weight excluding hydrogens is 306 g/mol. The van der Waals surface area contributed by atoms with Gasteiger partial charge in [-0.3, -0.25) is 10.1 Å². The molecule has 122 valence electrons. The average molecular weight is 322 g/mol. The first-order valence-corrected chi connectivity index (χ1v) is 7.29. The van der Waals surface area contributed by atoms with E-state index in [1.165, 1.54) is 6.07 Å². The van der Waals surface area contributed by atoms with Gasteiger partial charge in [0.2, 0.25) is 11.8 Å². The number of halogens is 2. The van der Waals surface area contributed by atoms with Gasteiger partial charge in [-0.25, -0.2) is 8.78 Å². The first-order chi connectivity index (χ1) is 11.0. The normalized spacial score (nSPS) is 16.0. The van der Waals surface area contributed by atoms with Gasteiger partial charge in [0.15, 0.2) is 5.82 Å². The smallest absolute Gasteiger partial charge is 0.238 e. The summed E-state index contributed by atoms with van der Waals surface area (Å²) in [7, 11) is 0. The fourth-order valence-electron chi connectivity index (χ4n) is 2.54. The predicted octanol–water partition coefficient (Wildman–Crippen LogP) is 2.26. The van der Waals surface area contributed by atoms with Gasteiger partial charge >= 0.3 is 0 Å². The summed E-state index contributed by atoms with van der Waals surface area (Å²) in [6.07, 6.45) is 2.59. The number of aryl methyl sites for hydroxylation is 1. The lowest BCUT2D eigenvalue weighted by atomic mass is 9.76. The maximum absolute atomic E-state index is 13.5. The lowest BCUT2D eigenvalue weighted by Crippen LogP contribution is -2.51. The van der Waals surface area contributed by atoms with Crippen molar-refractivity contribution in [2.45, 2.75) is 31.7 Å². The molecule has 1 fully saturated rings. The quantitative estimate of drug-likeness (QED) is 0.882. The summed E-state index contributed by atoms with van der Waals surface area (Å²) in [5.74, 6) is -0.944. The molecule has 0 spiro atoms. The first kappa shape index (κ1) is 15.5. The van der Waals surface area contributed by atoms with Crippen LogP contribution in [0.25, 0.3) is 0 Å². The third-order valence-corrected chi connectivity index (χ3v) is 3.96. The Morgan fingerprint density at radius 3 is 2.74 bits per heavy atom. The van der Waals surface area contributed by atoms with Crippen molar-refractivity contribution >= 4 is 11.6 Å². The highest BCUT2D eigenvalue weighted by Crippen LogP contribution is 2.39. The standard InChI is InChI=1S/C15H16F2N4O2/c1-9-19-14(21-23-9)15(5-2-6-15)18-8-13(22)20-12-4-3-10(16)7-11(12)17/h3-4,7,18H,2,5-6,8H2,1H3,(H,20,22). The molecule has 1 aromatic heterocycles. The Morgan fingerprint density at radius 2 is 2.17 bits per heavy atom. The molecule has 23 heavy (non-hydrogen) atoms. The number of anilines is 1. The highest BCUT2D eigenvalue weighted by molar-refractivity contribution is 5.92. The monoisotopic (exact) mass is 322 g/mol. The minimum absolute atomic E-state index is 0.0373. The van der Waals surface area contributed by atoms with Crippen molar-refractivity contribution in [3.05, 3.63) is 41.5 Å². The Morgan fingerprint density at radius 1 is 1.39 bits per heavy atom. The predicted molar refractivity (Wildman–Crippen MR) is 77.6 cm³/mol. The van der Waals surface area contributed by atoms with Crippen LogP contribution in [0.2, 0.25) is 0 Å². The zero-order chi connectivity index (χ0) is 16.4. The number of rotatable bonds is 5. The number of aromatic nitrogens is 2. The fourth-order valence-corrected chi connectivity index (χ4v) is 2.54. The van der Waals surface area contributed by atoms with Crippen molar-refractivity contribution in [1.29, 1.82) is 0 Å². The second-order valence-electron chi connectivity index (χ2n) is 5.60. The van der Waals surface area contributed by atoms with Crippen molar-refractivity contribution in [3.63, 3.8) is 0 Å². The minimum atomic E-state index is -0.814. The van der Waals surface area contributed by atoms with E-state index in [-0.39, 0.29) is 12.2 Å². The topological polar surface area (TPSA) is 80.0 Å². The van der Waals surface area contributed by atoms with E-state index in [4.69, 9.17) is 4.52 Å². The van der Waals surface area contributed by atoms with Gasteiger partial charge in [0.05, 0.1) is 17.8 Å². The summed E-state index contributed by atoms with van der Waals surface area (Å²) in [4.78, 5) is 16.2. The first-order valence-electron chi connectivity index (χ1n) is 7.29. The van der Waals surface area contributed by atoms with Crippen LogP contribution >= 0.6 is 0 Å². The zero-order valence-electron chi connectivity index (χ0n) is 12.5. The van der Waals surface area contributed by atoms with E-state index in [0.29, 0.717) is 11.7 Å². The molecule has 0 unspecified atom stereocenters. The molecule has 1 heterocycles. The molecule has 2 N–H and O–H groups in total. The fraction of sp³-hybridized carbons (Fsp3) is 0.400. The molecule has 1 saturated carbocycles. The molecule has 0 bridgehead atoms. The van der Waals surface area contributed by atoms with Gasteiger partial charge in [-0.05, 0) is 31.4 Å². The van der Waals surface area contributed by atoms with Crippen LogP contribution in [-0.4, -0.2) is 22.6 Å². The molecule has 1 aromatic carbocycles. The van der Waals surface area contributed by atoms with Crippen LogP contribution in [0.5, 0.6) is 0 Å². The highest BCUT2D eigenvalue weighted by Gasteiger charge is 2.42. The SMILES string of the molecule is Cc1nc(C2(NCC(=O)Nc3ccc(F)cc3F)CCC2)no1. The highest BCUT2D eigenvalue weighted by atomic mass is 19.1. The maximum Gasteiger partial charge on any atom is 0.238 e. The second kappa shape index (κ2) is 6.04. The van der Waals surface area contributed by atoms with E-state index in [1.807, 2.05) is 0 Å². The number of benzene rings is 1. The Balaban J connectivity index is 1.62. The molecular formula is C15H16F2N4O2. The summed E-state index contributed by atoms with van der Waals surface area (Å²) in [6, 6.07) is 2.99. The minimum Gasteiger partial charge on any atom is -0.340 e. The molecule has 0 atom stereocenters. The molecule has 1 amide bonds. The lowest BCUT2D eigenvalue weighted by Gasteiger charge is -2.39. The van der Waals surface area contributed by atoms with Crippen LogP contribution in [0.1, 0.15) is 31.0 Å². The number of nitrogens with zero attached hydrogens (tertiary/aromatic N) is 2. The molecule has 3 rings (SSSR count). The van der Waals surface area contributed by atoms with Crippen LogP contribution < -0.4 is 10.6 Å². The zero-order valence-corrected chi connectivity index (χ0v) is 12.5. The average Bonchev–Trinajstić information content (AvgIpc) is 2.88. The van der Waals surface area contributed by atoms with Gasteiger partial charge in [0, 0.05) is 13.0 Å². The van der Waals surface area contributed by atoms with Crippen LogP contribution in [-0.2, 0) is 10.3 Å².